The normalized spacial score (nSPS) is 18.5. The predicted molar refractivity (Wildman–Crippen MR) is 172 cm³/mol. The SMILES string of the molecule is C=C(C)OC(C)=O.CC(=O)C1=C(O)C(C)=CC1=O.CC(=O)C1C(=O)C=C(C)C1=O.CC1=CC(=O)OC1=O.CO/C(C)=C1/C(=O)C=C(C)C1=O. The molecule has 0 aromatic heterocycles. The maximum atomic E-state index is 11.3. The number of hydrogen-bond donors (Lipinski definition) is 1. The van der Waals surface area contributed by atoms with Crippen LogP contribution in [0.2, 0.25) is 0 Å². The van der Waals surface area contributed by atoms with Gasteiger partial charge in [0.05, 0.1) is 12.9 Å². The number of cyclic esters (lactones) is 2. The number of esters is 3. The van der Waals surface area contributed by atoms with E-state index in [0.717, 1.165) is 0 Å². The van der Waals surface area contributed by atoms with Gasteiger partial charge in [0, 0.05) is 24.1 Å². The summed E-state index contributed by atoms with van der Waals surface area (Å²) in [5.41, 5.74) is 1.76. The summed E-state index contributed by atoms with van der Waals surface area (Å²) in [5, 5.41) is 9.17. The lowest BCUT2D eigenvalue weighted by Gasteiger charge is -2.01. The molecule has 0 spiro atoms. The number of ketones is 7. The van der Waals surface area contributed by atoms with Crippen LogP contribution in [0.4, 0.5) is 0 Å². The van der Waals surface area contributed by atoms with Crippen LogP contribution in [0.5, 0.6) is 0 Å². The second kappa shape index (κ2) is 19.0. The largest absolute Gasteiger partial charge is 0.507 e. The molecule has 14 nitrogen and oxygen atoms in total. The first-order valence-electron chi connectivity index (χ1n) is 14.2. The Balaban J connectivity index is 0.000000596. The Labute approximate surface area is 282 Å². The monoisotopic (exact) mass is 682 g/mol. The second-order valence-electron chi connectivity index (χ2n) is 10.6. The molecule has 262 valence electrons. The number of methoxy groups -OCH3 is 1. The molecule has 1 unspecified atom stereocenters. The second-order valence-corrected chi connectivity index (χ2v) is 10.6. The summed E-state index contributed by atoms with van der Waals surface area (Å²) in [6, 6.07) is 0. The summed E-state index contributed by atoms with van der Waals surface area (Å²) >= 11 is 0. The number of aliphatic hydroxyl groups is 1. The Morgan fingerprint density at radius 2 is 1.29 bits per heavy atom. The maximum absolute atomic E-state index is 11.3. The van der Waals surface area contributed by atoms with Gasteiger partial charge in [0.15, 0.2) is 34.7 Å². The lowest BCUT2D eigenvalue weighted by atomic mass is 9.99. The van der Waals surface area contributed by atoms with Crippen molar-refractivity contribution in [3.05, 3.63) is 81.6 Å². The van der Waals surface area contributed by atoms with Gasteiger partial charge in [-0.25, -0.2) is 9.59 Å². The molecule has 4 aliphatic rings. The average Bonchev–Trinajstić information content (AvgIpc) is 3.59. The average molecular weight is 683 g/mol. The van der Waals surface area contributed by atoms with E-state index < -0.39 is 23.6 Å². The molecule has 0 amide bonds. The standard InChI is InChI=1S/C9H10O3.2C8H8O3.C5H4O3.C5H8O2/c1-5-4-7(10)8(9(5)11)6(2)12-3;2*1-4-3-6(10)7(5(2)9)8(4)11;1-3-2-4(6)8-5(3)7;1-4(2)7-5(3)6/h4H,1-3H3;3,11H,1-2H3;3,7H,1-2H3;2H,1H3;1H2,2-3H3/b8-6-;;;;. The minimum Gasteiger partial charge on any atom is -0.507 e. The summed E-state index contributed by atoms with van der Waals surface area (Å²) in [6.45, 7) is 16.7. The van der Waals surface area contributed by atoms with Gasteiger partial charge in [-0.1, -0.05) is 6.58 Å². The van der Waals surface area contributed by atoms with Crippen molar-refractivity contribution in [3.63, 3.8) is 0 Å². The molecule has 1 N–H and O–H groups in total. The number of ether oxygens (including phenoxy) is 3. The van der Waals surface area contributed by atoms with Crippen molar-refractivity contribution in [2.24, 2.45) is 5.92 Å². The Hall–Kier alpha value is -5.92. The third kappa shape index (κ3) is 13.0. The summed E-state index contributed by atoms with van der Waals surface area (Å²) in [7, 11) is 1.44. The van der Waals surface area contributed by atoms with E-state index in [4.69, 9.17) is 9.84 Å². The minimum atomic E-state index is -1.03. The van der Waals surface area contributed by atoms with Crippen molar-refractivity contribution in [2.45, 2.75) is 62.3 Å². The van der Waals surface area contributed by atoms with Crippen molar-refractivity contribution in [1.29, 1.82) is 0 Å². The molecule has 0 aromatic rings. The van der Waals surface area contributed by atoms with Crippen LogP contribution < -0.4 is 0 Å². The Morgan fingerprint density at radius 1 is 0.755 bits per heavy atom. The van der Waals surface area contributed by atoms with Crippen LogP contribution in [0.1, 0.15) is 62.3 Å². The zero-order chi connectivity index (χ0) is 38.5. The lowest BCUT2D eigenvalue weighted by Crippen LogP contribution is -2.23. The van der Waals surface area contributed by atoms with Crippen molar-refractivity contribution < 1.29 is 67.3 Å². The molecule has 1 heterocycles. The number of aliphatic hydroxyl groups excluding tert-OH is 1. The fraction of sp³-hybridized carbons (Fsp3) is 0.314. The molecule has 1 aliphatic heterocycles. The third-order valence-corrected chi connectivity index (χ3v) is 6.26. The van der Waals surface area contributed by atoms with Crippen LogP contribution in [0.3, 0.4) is 0 Å². The topological polar surface area (TPSA) is 219 Å². The molecule has 0 bridgehead atoms. The van der Waals surface area contributed by atoms with Crippen molar-refractivity contribution in [2.75, 3.05) is 7.11 Å². The molecule has 0 saturated carbocycles. The van der Waals surface area contributed by atoms with Crippen molar-refractivity contribution in [1.82, 2.24) is 0 Å². The quantitative estimate of drug-likeness (QED) is 0.148. The van der Waals surface area contributed by atoms with E-state index in [1.807, 2.05) is 0 Å². The highest BCUT2D eigenvalue weighted by molar-refractivity contribution is 6.35. The zero-order valence-corrected chi connectivity index (χ0v) is 28.8. The lowest BCUT2D eigenvalue weighted by molar-refractivity contribution is -0.151. The number of rotatable bonds is 4. The maximum Gasteiger partial charge on any atom is 0.341 e. The molecule has 0 fully saturated rings. The number of carbonyl (C=O) groups is 10. The van der Waals surface area contributed by atoms with Gasteiger partial charge in [-0.15, -0.1) is 0 Å². The fourth-order valence-corrected chi connectivity index (χ4v) is 3.86. The molecule has 49 heavy (non-hydrogen) atoms. The summed E-state index contributed by atoms with van der Waals surface area (Å²) in [4.78, 5) is 107. The van der Waals surface area contributed by atoms with Gasteiger partial charge in [0.2, 0.25) is 0 Å². The van der Waals surface area contributed by atoms with Crippen LogP contribution in [0.15, 0.2) is 81.6 Å². The van der Waals surface area contributed by atoms with E-state index in [0.29, 0.717) is 33.8 Å². The van der Waals surface area contributed by atoms with Gasteiger partial charge in [-0.2, -0.15) is 0 Å². The van der Waals surface area contributed by atoms with Gasteiger partial charge < -0.3 is 19.3 Å². The summed E-state index contributed by atoms with van der Waals surface area (Å²) < 4.78 is 13.3. The number of Topliss-reactive ketones (excluding diaryl/α,β-unsaturated/α-hetero) is 4. The van der Waals surface area contributed by atoms with Gasteiger partial charge in [-0.3, -0.25) is 38.4 Å². The Morgan fingerprint density at radius 3 is 1.47 bits per heavy atom. The van der Waals surface area contributed by atoms with Crippen LogP contribution in [-0.2, 0) is 62.2 Å². The first-order valence-corrected chi connectivity index (χ1v) is 14.2. The van der Waals surface area contributed by atoms with E-state index in [1.165, 1.54) is 59.1 Å². The smallest absolute Gasteiger partial charge is 0.341 e. The van der Waals surface area contributed by atoms with Gasteiger partial charge >= 0.3 is 17.9 Å². The van der Waals surface area contributed by atoms with Crippen LogP contribution in [-0.4, -0.2) is 70.6 Å². The Bertz CT molecular complexity index is 1700. The van der Waals surface area contributed by atoms with Gasteiger partial charge in [0.25, 0.3) is 0 Å². The number of carbonyl (C=O) groups excluding carboxylic acids is 10. The molecule has 0 saturated heterocycles. The van der Waals surface area contributed by atoms with Gasteiger partial charge in [0.1, 0.15) is 34.4 Å². The highest BCUT2D eigenvalue weighted by Gasteiger charge is 2.35. The first kappa shape index (κ1) is 43.1. The van der Waals surface area contributed by atoms with E-state index in [1.54, 1.807) is 34.6 Å². The van der Waals surface area contributed by atoms with Crippen LogP contribution >= 0.6 is 0 Å². The highest BCUT2D eigenvalue weighted by Crippen LogP contribution is 2.22. The molecular weight excluding hydrogens is 644 g/mol. The van der Waals surface area contributed by atoms with E-state index >= 15 is 0 Å². The number of allylic oxidation sites excluding steroid dienone is 10. The van der Waals surface area contributed by atoms with E-state index in [2.05, 4.69) is 16.1 Å². The molecular formula is C35H38O14. The predicted octanol–water partition coefficient (Wildman–Crippen LogP) is 3.31. The summed E-state index contributed by atoms with van der Waals surface area (Å²) in [6.07, 6.45) is 4.99. The van der Waals surface area contributed by atoms with Crippen LogP contribution in [0.25, 0.3) is 0 Å². The minimum absolute atomic E-state index is 0.0949. The molecule has 3 aliphatic carbocycles. The van der Waals surface area contributed by atoms with E-state index in [9.17, 15) is 47.9 Å². The molecule has 0 radical (unpaired) electrons. The Kier molecular flexibility index (Phi) is 16.7. The van der Waals surface area contributed by atoms with Gasteiger partial charge in [-0.05, 0) is 84.8 Å². The number of hydrogen-bond acceptors (Lipinski definition) is 14. The molecule has 14 heteroatoms. The molecule has 1 atom stereocenters. The van der Waals surface area contributed by atoms with Crippen molar-refractivity contribution >= 4 is 58.4 Å². The zero-order valence-electron chi connectivity index (χ0n) is 28.8. The fourth-order valence-electron chi connectivity index (χ4n) is 3.86. The third-order valence-electron chi connectivity index (χ3n) is 6.26. The van der Waals surface area contributed by atoms with E-state index in [-0.39, 0.29) is 57.6 Å². The first-order chi connectivity index (χ1) is 22.5. The molecule has 0 aromatic carbocycles. The molecule has 4 rings (SSSR count). The summed E-state index contributed by atoms with van der Waals surface area (Å²) in [5.74, 6) is -4.14. The van der Waals surface area contributed by atoms with Crippen molar-refractivity contribution in [3.8, 4) is 0 Å². The van der Waals surface area contributed by atoms with Crippen LogP contribution in [0, 0.1) is 5.92 Å². The highest BCUT2D eigenvalue weighted by atomic mass is 16.6.